The molecular formula is C11H11F3O5. The number of hydrogen-bond acceptors (Lipinski definition) is 5. The third-order valence-electron chi connectivity index (χ3n) is 2.16. The Morgan fingerprint density at radius 1 is 1.42 bits per heavy atom. The molecule has 1 atom stereocenters. The lowest BCUT2D eigenvalue weighted by Gasteiger charge is -2.15. The summed E-state index contributed by atoms with van der Waals surface area (Å²) in [6.07, 6.45) is -7.00. The lowest BCUT2D eigenvalue weighted by Crippen LogP contribution is -2.25. The van der Waals surface area contributed by atoms with Crippen molar-refractivity contribution >= 4 is 5.97 Å². The van der Waals surface area contributed by atoms with Crippen LogP contribution in [0.5, 0.6) is 11.5 Å². The number of aliphatic hydroxyl groups excluding tert-OH is 1. The van der Waals surface area contributed by atoms with E-state index in [4.69, 9.17) is 5.11 Å². The Morgan fingerprint density at radius 2 is 2.05 bits per heavy atom. The van der Waals surface area contributed by atoms with Crippen LogP contribution in [0.3, 0.4) is 0 Å². The standard InChI is InChI=1S/C11H11F3O5/c1-18-10(17)8(16)4-6-2-3-7(15)5-9(6)19-11(12,13)14/h2-3,5,8,15-16H,4H2,1H3. The summed E-state index contributed by atoms with van der Waals surface area (Å²) < 4.78 is 44.4. The van der Waals surface area contributed by atoms with Crippen LogP contribution in [0.1, 0.15) is 5.56 Å². The maximum Gasteiger partial charge on any atom is 0.573 e. The molecule has 1 aromatic carbocycles. The SMILES string of the molecule is COC(=O)C(O)Cc1ccc(O)cc1OC(F)(F)F. The second kappa shape index (κ2) is 5.79. The first-order valence-electron chi connectivity index (χ1n) is 5.06. The zero-order valence-electron chi connectivity index (χ0n) is 9.77. The zero-order valence-corrected chi connectivity index (χ0v) is 9.77. The van der Waals surface area contributed by atoms with E-state index in [1.165, 1.54) is 0 Å². The number of halogens is 3. The van der Waals surface area contributed by atoms with Gasteiger partial charge in [0, 0.05) is 12.5 Å². The van der Waals surface area contributed by atoms with Gasteiger partial charge in [0.05, 0.1) is 7.11 Å². The minimum atomic E-state index is -4.95. The van der Waals surface area contributed by atoms with E-state index in [1.54, 1.807) is 0 Å². The predicted octanol–water partition coefficient (Wildman–Crippen LogP) is 1.37. The van der Waals surface area contributed by atoms with E-state index >= 15 is 0 Å². The van der Waals surface area contributed by atoms with E-state index in [0.29, 0.717) is 0 Å². The number of benzene rings is 1. The molecule has 0 saturated carbocycles. The second-order valence-corrected chi connectivity index (χ2v) is 3.58. The highest BCUT2D eigenvalue weighted by Gasteiger charge is 2.32. The third kappa shape index (κ3) is 4.66. The van der Waals surface area contributed by atoms with Gasteiger partial charge in [0.2, 0.25) is 0 Å². The molecule has 0 heterocycles. The number of carbonyl (C=O) groups excluding carboxylic acids is 1. The minimum Gasteiger partial charge on any atom is -0.508 e. The number of esters is 1. The van der Waals surface area contributed by atoms with Crippen LogP contribution in [-0.2, 0) is 16.0 Å². The van der Waals surface area contributed by atoms with Crippen LogP contribution < -0.4 is 4.74 Å². The van der Waals surface area contributed by atoms with Crippen LogP contribution in [0.15, 0.2) is 18.2 Å². The number of rotatable bonds is 4. The van der Waals surface area contributed by atoms with E-state index in [2.05, 4.69) is 9.47 Å². The molecule has 0 amide bonds. The van der Waals surface area contributed by atoms with E-state index in [9.17, 15) is 23.1 Å². The summed E-state index contributed by atoms with van der Waals surface area (Å²) in [5.41, 5.74) is -0.0898. The van der Waals surface area contributed by atoms with Gasteiger partial charge in [-0.1, -0.05) is 6.07 Å². The molecular weight excluding hydrogens is 269 g/mol. The highest BCUT2D eigenvalue weighted by molar-refractivity contribution is 5.74. The number of hydrogen-bond donors (Lipinski definition) is 2. The Balaban J connectivity index is 2.97. The maximum atomic E-state index is 12.2. The molecule has 1 rings (SSSR count). The maximum absolute atomic E-state index is 12.2. The number of phenols is 1. The van der Waals surface area contributed by atoms with Crippen molar-refractivity contribution in [2.24, 2.45) is 0 Å². The number of methoxy groups -OCH3 is 1. The Bertz CT molecular complexity index is 458. The van der Waals surface area contributed by atoms with Gasteiger partial charge in [-0.25, -0.2) is 4.79 Å². The van der Waals surface area contributed by atoms with E-state index in [0.717, 1.165) is 25.3 Å². The van der Waals surface area contributed by atoms with Crippen molar-refractivity contribution < 1.29 is 37.7 Å². The Kier molecular flexibility index (Phi) is 4.60. The first-order chi connectivity index (χ1) is 8.73. The molecule has 19 heavy (non-hydrogen) atoms. The second-order valence-electron chi connectivity index (χ2n) is 3.58. The Hall–Kier alpha value is -1.96. The first kappa shape index (κ1) is 15.1. The van der Waals surface area contributed by atoms with E-state index in [-0.39, 0.29) is 5.56 Å². The summed E-state index contributed by atoms with van der Waals surface area (Å²) in [4.78, 5) is 11.0. The van der Waals surface area contributed by atoms with Crippen LogP contribution in [0.25, 0.3) is 0 Å². The molecule has 0 radical (unpaired) electrons. The molecule has 0 fully saturated rings. The summed E-state index contributed by atoms with van der Waals surface area (Å²) >= 11 is 0. The average Bonchev–Trinajstić information content (AvgIpc) is 2.29. The van der Waals surface area contributed by atoms with Gasteiger partial charge >= 0.3 is 12.3 Å². The average molecular weight is 280 g/mol. The Labute approximate surface area is 106 Å². The Morgan fingerprint density at radius 3 is 2.58 bits per heavy atom. The molecule has 106 valence electrons. The largest absolute Gasteiger partial charge is 0.573 e. The first-order valence-corrected chi connectivity index (χ1v) is 5.06. The van der Waals surface area contributed by atoms with Crippen LogP contribution in [-0.4, -0.2) is 35.8 Å². The molecule has 0 aromatic heterocycles. The highest BCUT2D eigenvalue weighted by atomic mass is 19.4. The molecule has 0 bridgehead atoms. The van der Waals surface area contributed by atoms with E-state index in [1.807, 2.05) is 0 Å². The number of alkyl halides is 3. The third-order valence-corrected chi connectivity index (χ3v) is 2.16. The molecule has 5 nitrogen and oxygen atoms in total. The molecule has 0 saturated heterocycles. The summed E-state index contributed by atoms with van der Waals surface area (Å²) in [5, 5.41) is 18.5. The molecule has 8 heteroatoms. The van der Waals surface area contributed by atoms with Crippen molar-refractivity contribution in [1.82, 2.24) is 0 Å². The quantitative estimate of drug-likeness (QED) is 0.815. The smallest absolute Gasteiger partial charge is 0.508 e. The van der Waals surface area contributed by atoms with Gasteiger partial charge in [-0.05, 0) is 11.6 Å². The molecule has 0 aliphatic rings. The molecule has 0 aliphatic carbocycles. The number of aromatic hydroxyl groups is 1. The fourth-order valence-corrected chi connectivity index (χ4v) is 1.36. The number of carbonyl (C=O) groups is 1. The molecule has 1 unspecified atom stereocenters. The van der Waals surface area contributed by atoms with Crippen molar-refractivity contribution in [1.29, 1.82) is 0 Å². The molecule has 2 N–H and O–H groups in total. The summed E-state index contributed by atoms with van der Waals surface area (Å²) in [7, 11) is 1.04. The normalized spacial score (nSPS) is 12.9. The van der Waals surface area contributed by atoms with Crippen molar-refractivity contribution in [3.05, 3.63) is 23.8 Å². The van der Waals surface area contributed by atoms with Gasteiger partial charge in [0.1, 0.15) is 11.5 Å². The summed E-state index contributed by atoms with van der Waals surface area (Å²) in [6, 6.07) is 2.97. The van der Waals surface area contributed by atoms with Crippen molar-refractivity contribution in [2.45, 2.75) is 18.9 Å². The van der Waals surface area contributed by atoms with Gasteiger partial charge < -0.3 is 19.7 Å². The highest BCUT2D eigenvalue weighted by Crippen LogP contribution is 2.30. The van der Waals surface area contributed by atoms with E-state index < -0.39 is 36.4 Å². The zero-order chi connectivity index (χ0) is 14.6. The summed E-state index contributed by atoms with van der Waals surface area (Å²) in [6.45, 7) is 0. The fraction of sp³-hybridized carbons (Fsp3) is 0.364. The van der Waals surface area contributed by atoms with Gasteiger partial charge in [0.25, 0.3) is 0 Å². The van der Waals surface area contributed by atoms with Gasteiger partial charge in [-0.3, -0.25) is 0 Å². The molecule has 1 aromatic rings. The monoisotopic (exact) mass is 280 g/mol. The predicted molar refractivity (Wildman–Crippen MR) is 56.5 cm³/mol. The minimum absolute atomic E-state index is 0.0898. The fourth-order valence-electron chi connectivity index (χ4n) is 1.36. The van der Waals surface area contributed by atoms with Gasteiger partial charge in [-0.2, -0.15) is 0 Å². The topological polar surface area (TPSA) is 76.0 Å². The van der Waals surface area contributed by atoms with Crippen molar-refractivity contribution in [3.63, 3.8) is 0 Å². The number of ether oxygens (including phenoxy) is 2. The van der Waals surface area contributed by atoms with Gasteiger partial charge in [0.15, 0.2) is 6.10 Å². The van der Waals surface area contributed by atoms with Crippen LogP contribution in [0, 0.1) is 0 Å². The van der Waals surface area contributed by atoms with Crippen LogP contribution in [0.4, 0.5) is 13.2 Å². The summed E-state index contributed by atoms with van der Waals surface area (Å²) in [5.74, 6) is -2.10. The lowest BCUT2D eigenvalue weighted by atomic mass is 10.1. The number of phenolic OH excluding ortho intramolecular Hbond substituents is 1. The van der Waals surface area contributed by atoms with Crippen LogP contribution in [0.2, 0.25) is 0 Å². The van der Waals surface area contributed by atoms with Crippen molar-refractivity contribution in [3.8, 4) is 11.5 Å². The lowest BCUT2D eigenvalue weighted by molar-refractivity contribution is -0.274. The van der Waals surface area contributed by atoms with Crippen molar-refractivity contribution in [2.75, 3.05) is 7.11 Å². The van der Waals surface area contributed by atoms with Gasteiger partial charge in [-0.15, -0.1) is 13.2 Å². The van der Waals surface area contributed by atoms with Crippen LogP contribution >= 0.6 is 0 Å². The molecule has 0 spiro atoms. The molecule has 0 aliphatic heterocycles. The number of aliphatic hydroxyl groups is 1.